The Morgan fingerprint density at radius 1 is 1.35 bits per heavy atom. The number of carbonyl (C=O) groups is 1. The van der Waals surface area contributed by atoms with Crippen LogP contribution in [0.5, 0.6) is 0 Å². The van der Waals surface area contributed by atoms with E-state index in [1.54, 1.807) is 0 Å². The zero-order chi connectivity index (χ0) is 15.8. The highest BCUT2D eigenvalue weighted by atomic mass is 16.6. The molecule has 2 saturated heterocycles. The average Bonchev–Trinajstić information content (AvgIpc) is 3.21. The van der Waals surface area contributed by atoms with Gasteiger partial charge in [-0.15, -0.1) is 6.58 Å². The van der Waals surface area contributed by atoms with Crippen LogP contribution in [0.1, 0.15) is 18.4 Å². The van der Waals surface area contributed by atoms with Crippen molar-refractivity contribution in [3.8, 4) is 0 Å². The van der Waals surface area contributed by atoms with Gasteiger partial charge in [0.15, 0.2) is 5.72 Å². The van der Waals surface area contributed by atoms with Gasteiger partial charge in [0.05, 0.1) is 18.1 Å². The van der Waals surface area contributed by atoms with Gasteiger partial charge in [0.25, 0.3) is 0 Å². The molecule has 7 atom stereocenters. The van der Waals surface area contributed by atoms with Crippen molar-refractivity contribution in [1.29, 1.82) is 0 Å². The van der Waals surface area contributed by atoms with Crippen LogP contribution in [-0.2, 0) is 16.1 Å². The first kappa shape index (κ1) is 13.8. The van der Waals surface area contributed by atoms with Crippen LogP contribution in [-0.4, -0.2) is 33.8 Å². The first-order valence-corrected chi connectivity index (χ1v) is 8.49. The van der Waals surface area contributed by atoms with E-state index in [1.165, 1.54) is 0 Å². The van der Waals surface area contributed by atoms with Crippen LogP contribution in [0.15, 0.2) is 43.0 Å². The van der Waals surface area contributed by atoms with Gasteiger partial charge in [0.2, 0.25) is 5.91 Å². The fraction of sp³-hybridized carbons (Fsp3) is 0.526. The minimum atomic E-state index is -0.596. The Kier molecular flexibility index (Phi) is 2.67. The molecule has 7 unspecified atom stereocenters. The van der Waals surface area contributed by atoms with Crippen molar-refractivity contribution in [3.05, 3.63) is 48.6 Å². The normalized spacial score (nSPS) is 46.0. The zero-order valence-electron chi connectivity index (χ0n) is 13.0. The average molecular weight is 311 g/mol. The summed E-state index contributed by atoms with van der Waals surface area (Å²) in [6, 6.07) is 10.1. The summed E-state index contributed by atoms with van der Waals surface area (Å²) in [7, 11) is 0. The lowest BCUT2D eigenvalue weighted by atomic mass is 9.76. The molecule has 4 fully saturated rings. The van der Waals surface area contributed by atoms with Gasteiger partial charge in [-0.05, 0) is 23.8 Å². The van der Waals surface area contributed by atoms with Crippen molar-refractivity contribution < 1.29 is 14.6 Å². The van der Waals surface area contributed by atoms with Crippen molar-refractivity contribution in [2.45, 2.75) is 37.3 Å². The number of nitrogens with zero attached hydrogens (tertiary/aromatic N) is 1. The van der Waals surface area contributed by atoms with Crippen LogP contribution in [0.25, 0.3) is 0 Å². The monoisotopic (exact) mass is 311 g/mol. The molecule has 4 nitrogen and oxygen atoms in total. The Morgan fingerprint density at radius 3 is 2.87 bits per heavy atom. The summed E-state index contributed by atoms with van der Waals surface area (Å²) in [4.78, 5) is 15.1. The molecule has 1 aromatic rings. The maximum absolute atomic E-state index is 13.1. The van der Waals surface area contributed by atoms with E-state index in [0.29, 0.717) is 18.9 Å². The molecular weight excluding hydrogens is 290 g/mol. The molecule has 1 aromatic carbocycles. The van der Waals surface area contributed by atoms with E-state index >= 15 is 0 Å². The number of aliphatic hydroxyl groups excluding tert-OH is 1. The molecule has 4 heteroatoms. The number of hydrogen-bond acceptors (Lipinski definition) is 3. The van der Waals surface area contributed by atoms with Crippen LogP contribution >= 0.6 is 0 Å². The minimum absolute atomic E-state index is 0.0718. The second-order valence-electron chi connectivity index (χ2n) is 7.44. The SMILES string of the molecule is C=CCC12OC3C(O)C4CC3C1C4C(=O)N2Cc1ccccc1. The predicted octanol–water partition coefficient (Wildman–Crippen LogP) is 1.94. The lowest BCUT2D eigenvalue weighted by molar-refractivity contribution is -0.179. The second-order valence-corrected chi connectivity index (χ2v) is 7.44. The molecule has 0 spiro atoms. The van der Waals surface area contributed by atoms with E-state index in [-0.39, 0.29) is 29.8 Å². The number of likely N-dealkylation sites (tertiary alicyclic amines) is 1. The Morgan fingerprint density at radius 2 is 2.13 bits per heavy atom. The van der Waals surface area contributed by atoms with Crippen LogP contribution in [0.2, 0.25) is 0 Å². The summed E-state index contributed by atoms with van der Waals surface area (Å²) in [5.74, 6) is 0.706. The topological polar surface area (TPSA) is 49.8 Å². The molecule has 1 amide bonds. The highest BCUT2D eigenvalue weighted by Crippen LogP contribution is 2.68. The number of rotatable bonds is 4. The number of benzene rings is 1. The largest absolute Gasteiger partial charge is 0.390 e. The number of carbonyl (C=O) groups excluding carboxylic acids is 1. The van der Waals surface area contributed by atoms with Gasteiger partial charge in [0, 0.05) is 18.9 Å². The molecule has 0 radical (unpaired) electrons. The van der Waals surface area contributed by atoms with Crippen LogP contribution in [0.3, 0.4) is 0 Å². The Labute approximate surface area is 135 Å². The summed E-state index contributed by atoms with van der Waals surface area (Å²) < 4.78 is 6.41. The molecule has 2 saturated carbocycles. The van der Waals surface area contributed by atoms with E-state index < -0.39 is 11.8 Å². The zero-order valence-corrected chi connectivity index (χ0v) is 13.0. The highest BCUT2D eigenvalue weighted by Gasteiger charge is 2.77. The minimum Gasteiger partial charge on any atom is -0.390 e. The van der Waals surface area contributed by atoms with Crippen LogP contribution in [0, 0.1) is 23.7 Å². The van der Waals surface area contributed by atoms with E-state index in [9.17, 15) is 9.90 Å². The number of aliphatic hydroxyl groups is 1. The third-order valence-electron chi connectivity index (χ3n) is 6.54. The van der Waals surface area contributed by atoms with E-state index in [2.05, 4.69) is 6.58 Å². The highest BCUT2D eigenvalue weighted by molar-refractivity contribution is 5.84. The third kappa shape index (κ3) is 1.51. The molecule has 0 aromatic heterocycles. The van der Waals surface area contributed by atoms with E-state index in [0.717, 1.165) is 12.0 Å². The third-order valence-corrected chi connectivity index (χ3v) is 6.54. The fourth-order valence-corrected chi connectivity index (χ4v) is 5.84. The summed E-state index contributed by atoms with van der Waals surface area (Å²) in [6.45, 7) is 4.47. The van der Waals surface area contributed by atoms with Crippen molar-refractivity contribution in [2.75, 3.05) is 0 Å². The van der Waals surface area contributed by atoms with Gasteiger partial charge in [-0.3, -0.25) is 4.79 Å². The molecule has 1 N–H and O–H groups in total. The standard InChI is InChI=1S/C19H21NO3/c1-2-8-19-15-13-9-12(16(21)17(13)23-19)14(15)18(22)20(19)10-11-6-4-3-5-7-11/h2-7,12-17,21H,1,8-10H2. The van der Waals surface area contributed by atoms with E-state index in [4.69, 9.17) is 4.74 Å². The van der Waals surface area contributed by atoms with Crippen molar-refractivity contribution in [2.24, 2.45) is 23.7 Å². The molecule has 2 heterocycles. The number of amides is 1. The van der Waals surface area contributed by atoms with Crippen molar-refractivity contribution in [1.82, 2.24) is 4.90 Å². The summed E-state index contributed by atoms with van der Waals surface area (Å²) >= 11 is 0. The second kappa shape index (κ2) is 4.46. The molecule has 2 bridgehead atoms. The van der Waals surface area contributed by atoms with Gasteiger partial charge in [-0.1, -0.05) is 36.4 Å². The fourth-order valence-electron chi connectivity index (χ4n) is 5.84. The maximum Gasteiger partial charge on any atom is 0.229 e. The number of fused-ring (bicyclic) bond motifs is 2. The smallest absolute Gasteiger partial charge is 0.229 e. The summed E-state index contributed by atoms with van der Waals surface area (Å²) in [6.07, 6.45) is 2.85. The Balaban J connectivity index is 1.58. The Bertz CT molecular complexity index is 674. The molecular formula is C19H21NO3. The lowest BCUT2D eigenvalue weighted by Gasteiger charge is -2.38. The first-order chi connectivity index (χ1) is 11.2. The molecule has 23 heavy (non-hydrogen) atoms. The van der Waals surface area contributed by atoms with Crippen LogP contribution < -0.4 is 0 Å². The quantitative estimate of drug-likeness (QED) is 0.865. The molecule has 2 aliphatic heterocycles. The number of ether oxygens (including phenoxy) is 1. The molecule has 2 aliphatic carbocycles. The molecule has 4 aliphatic rings. The maximum atomic E-state index is 13.1. The van der Waals surface area contributed by atoms with E-state index in [1.807, 2.05) is 41.3 Å². The molecule has 5 rings (SSSR count). The van der Waals surface area contributed by atoms with Crippen molar-refractivity contribution in [3.63, 3.8) is 0 Å². The van der Waals surface area contributed by atoms with Gasteiger partial charge in [0.1, 0.15) is 0 Å². The number of hydrogen-bond donors (Lipinski definition) is 1. The van der Waals surface area contributed by atoms with Gasteiger partial charge < -0.3 is 14.7 Å². The Hall–Kier alpha value is -1.65. The van der Waals surface area contributed by atoms with Gasteiger partial charge in [-0.25, -0.2) is 0 Å². The van der Waals surface area contributed by atoms with Gasteiger partial charge >= 0.3 is 0 Å². The molecule has 120 valence electrons. The van der Waals surface area contributed by atoms with Crippen LogP contribution in [0.4, 0.5) is 0 Å². The summed E-state index contributed by atoms with van der Waals surface area (Å²) in [5.41, 5.74) is 0.520. The predicted molar refractivity (Wildman–Crippen MR) is 84.0 cm³/mol. The first-order valence-electron chi connectivity index (χ1n) is 8.49. The summed E-state index contributed by atoms with van der Waals surface area (Å²) in [5, 5.41) is 10.5. The lowest BCUT2D eigenvalue weighted by Crippen LogP contribution is -2.50. The van der Waals surface area contributed by atoms with Crippen molar-refractivity contribution >= 4 is 5.91 Å². The van der Waals surface area contributed by atoms with Gasteiger partial charge in [-0.2, -0.15) is 0 Å².